The molecule has 1 aliphatic heterocycles. The van der Waals surface area contributed by atoms with Crippen LogP contribution < -0.4 is 0 Å². The van der Waals surface area contributed by atoms with Crippen LogP contribution in [0.5, 0.6) is 0 Å². The number of carbonyl (C=O) groups excluding carboxylic acids is 1. The van der Waals surface area contributed by atoms with Crippen molar-refractivity contribution in [3.63, 3.8) is 0 Å². The van der Waals surface area contributed by atoms with Crippen molar-refractivity contribution in [2.45, 2.75) is 32.3 Å². The molecule has 0 spiro atoms. The molecule has 1 amide bonds. The molecule has 1 heterocycles. The zero-order valence-electron chi connectivity index (χ0n) is 9.32. The van der Waals surface area contributed by atoms with E-state index in [4.69, 9.17) is 4.74 Å². The van der Waals surface area contributed by atoms with Crippen molar-refractivity contribution in [1.29, 1.82) is 0 Å². The van der Waals surface area contributed by atoms with Gasteiger partial charge < -0.3 is 9.64 Å². The Morgan fingerprint density at radius 1 is 1.47 bits per heavy atom. The molecule has 1 fully saturated rings. The monoisotopic (exact) mass is 209 g/mol. The lowest BCUT2D eigenvalue weighted by Gasteiger charge is -2.34. The SMILES string of the molecule is CC1CN(C(=O)C2CC=CCC2)CCO1. The summed E-state index contributed by atoms with van der Waals surface area (Å²) in [7, 11) is 0. The fourth-order valence-electron chi connectivity index (χ4n) is 2.29. The predicted octanol–water partition coefficient (Wildman–Crippen LogP) is 1.59. The quantitative estimate of drug-likeness (QED) is 0.614. The van der Waals surface area contributed by atoms with Gasteiger partial charge in [-0.05, 0) is 26.2 Å². The minimum Gasteiger partial charge on any atom is -0.375 e. The number of hydrogen-bond acceptors (Lipinski definition) is 2. The lowest BCUT2D eigenvalue weighted by Crippen LogP contribution is -2.47. The highest BCUT2D eigenvalue weighted by Gasteiger charge is 2.27. The molecule has 0 radical (unpaired) electrons. The first-order valence-corrected chi connectivity index (χ1v) is 5.83. The van der Waals surface area contributed by atoms with E-state index in [0.717, 1.165) is 32.4 Å². The summed E-state index contributed by atoms with van der Waals surface area (Å²) in [6.45, 7) is 4.25. The lowest BCUT2D eigenvalue weighted by molar-refractivity contribution is -0.142. The molecule has 0 saturated carbocycles. The molecular formula is C12H19NO2. The van der Waals surface area contributed by atoms with E-state index in [1.54, 1.807) is 0 Å². The number of carbonyl (C=O) groups is 1. The zero-order chi connectivity index (χ0) is 10.7. The molecule has 0 aromatic rings. The maximum atomic E-state index is 12.1. The molecule has 2 atom stereocenters. The third-order valence-corrected chi connectivity index (χ3v) is 3.17. The van der Waals surface area contributed by atoms with Crippen LogP contribution in [0, 0.1) is 5.92 Å². The molecule has 2 rings (SSSR count). The van der Waals surface area contributed by atoms with Crippen LogP contribution in [-0.2, 0) is 9.53 Å². The van der Waals surface area contributed by atoms with Crippen molar-refractivity contribution in [3.05, 3.63) is 12.2 Å². The molecule has 3 heteroatoms. The summed E-state index contributed by atoms with van der Waals surface area (Å²) in [4.78, 5) is 14.1. The van der Waals surface area contributed by atoms with Crippen LogP contribution in [0.4, 0.5) is 0 Å². The Labute approximate surface area is 91.1 Å². The first-order valence-electron chi connectivity index (χ1n) is 5.83. The fourth-order valence-corrected chi connectivity index (χ4v) is 2.29. The molecule has 2 aliphatic rings. The van der Waals surface area contributed by atoms with Gasteiger partial charge in [-0.15, -0.1) is 0 Å². The number of morpholine rings is 1. The minimum atomic E-state index is 0.196. The van der Waals surface area contributed by atoms with Crippen molar-refractivity contribution in [1.82, 2.24) is 4.90 Å². The van der Waals surface area contributed by atoms with Gasteiger partial charge in [-0.25, -0.2) is 0 Å². The summed E-state index contributed by atoms with van der Waals surface area (Å²) < 4.78 is 5.44. The van der Waals surface area contributed by atoms with E-state index in [2.05, 4.69) is 12.2 Å². The van der Waals surface area contributed by atoms with E-state index in [1.807, 2.05) is 11.8 Å². The van der Waals surface area contributed by atoms with Crippen LogP contribution in [0.15, 0.2) is 12.2 Å². The second-order valence-electron chi connectivity index (χ2n) is 4.45. The number of ether oxygens (including phenoxy) is 1. The molecule has 1 aliphatic carbocycles. The van der Waals surface area contributed by atoms with Gasteiger partial charge >= 0.3 is 0 Å². The van der Waals surface area contributed by atoms with E-state index in [9.17, 15) is 4.79 Å². The molecule has 0 aromatic carbocycles. The number of rotatable bonds is 1. The number of nitrogens with zero attached hydrogens (tertiary/aromatic N) is 1. The van der Waals surface area contributed by atoms with Gasteiger partial charge in [-0.3, -0.25) is 4.79 Å². The Hall–Kier alpha value is -0.830. The van der Waals surface area contributed by atoms with Crippen LogP contribution in [-0.4, -0.2) is 36.6 Å². The zero-order valence-corrected chi connectivity index (χ0v) is 9.32. The van der Waals surface area contributed by atoms with E-state index >= 15 is 0 Å². The smallest absolute Gasteiger partial charge is 0.226 e. The van der Waals surface area contributed by atoms with Crippen LogP contribution in [0.3, 0.4) is 0 Å². The molecule has 15 heavy (non-hydrogen) atoms. The van der Waals surface area contributed by atoms with E-state index in [-0.39, 0.29) is 12.0 Å². The van der Waals surface area contributed by atoms with E-state index in [0.29, 0.717) is 12.5 Å². The van der Waals surface area contributed by atoms with Crippen LogP contribution >= 0.6 is 0 Å². The van der Waals surface area contributed by atoms with Gasteiger partial charge in [0.1, 0.15) is 0 Å². The van der Waals surface area contributed by atoms with E-state index < -0.39 is 0 Å². The topological polar surface area (TPSA) is 29.5 Å². The highest BCUT2D eigenvalue weighted by atomic mass is 16.5. The Kier molecular flexibility index (Phi) is 3.41. The Morgan fingerprint density at radius 3 is 3.00 bits per heavy atom. The minimum absolute atomic E-state index is 0.196. The Morgan fingerprint density at radius 2 is 2.33 bits per heavy atom. The van der Waals surface area contributed by atoms with Crippen molar-refractivity contribution in [2.24, 2.45) is 5.92 Å². The average molecular weight is 209 g/mol. The first kappa shape index (κ1) is 10.7. The second kappa shape index (κ2) is 4.79. The lowest BCUT2D eigenvalue weighted by atomic mass is 9.93. The predicted molar refractivity (Wildman–Crippen MR) is 58.5 cm³/mol. The molecule has 1 saturated heterocycles. The molecular weight excluding hydrogens is 190 g/mol. The van der Waals surface area contributed by atoms with Crippen molar-refractivity contribution >= 4 is 5.91 Å². The number of allylic oxidation sites excluding steroid dienone is 2. The molecule has 0 bridgehead atoms. The maximum Gasteiger partial charge on any atom is 0.226 e. The molecule has 2 unspecified atom stereocenters. The van der Waals surface area contributed by atoms with Crippen LogP contribution in [0.1, 0.15) is 26.2 Å². The summed E-state index contributed by atoms with van der Waals surface area (Å²) in [5, 5.41) is 0. The van der Waals surface area contributed by atoms with Gasteiger partial charge in [0.25, 0.3) is 0 Å². The molecule has 84 valence electrons. The van der Waals surface area contributed by atoms with Gasteiger partial charge in [-0.1, -0.05) is 12.2 Å². The van der Waals surface area contributed by atoms with Gasteiger partial charge in [-0.2, -0.15) is 0 Å². The Balaban J connectivity index is 1.91. The summed E-state index contributed by atoms with van der Waals surface area (Å²) >= 11 is 0. The van der Waals surface area contributed by atoms with Gasteiger partial charge in [0.15, 0.2) is 0 Å². The van der Waals surface area contributed by atoms with E-state index in [1.165, 1.54) is 0 Å². The standard InChI is InChI=1S/C12H19NO2/c1-10-9-13(7-8-15-10)12(14)11-5-3-2-4-6-11/h2-3,10-11H,4-9H2,1H3. The molecule has 0 aromatic heterocycles. The fraction of sp³-hybridized carbons (Fsp3) is 0.750. The summed E-state index contributed by atoms with van der Waals surface area (Å²) in [6, 6.07) is 0. The normalized spacial score (nSPS) is 31.7. The third kappa shape index (κ3) is 2.59. The second-order valence-corrected chi connectivity index (χ2v) is 4.45. The van der Waals surface area contributed by atoms with Crippen LogP contribution in [0.2, 0.25) is 0 Å². The maximum absolute atomic E-state index is 12.1. The number of amides is 1. The first-order chi connectivity index (χ1) is 7.27. The molecule has 3 nitrogen and oxygen atoms in total. The molecule has 0 N–H and O–H groups in total. The summed E-state index contributed by atoms with van der Waals surface area (Å²) in [6.07, 6.45) is 7.49. The van der Waals surface area contributed by atoms with Gasteiger partial charge in [0.05, 0.1) is 12.7 Å². The Bertz CT molecular complexity index is 262. The highest BCUT2D eigenvalue weighted by molar-refractivity contribution is 5.79. The van der Waals surface area contributed by atoms with Crippen molar-refractivity contribution < 1.29 is 9.53 Å². The van der Waals surface area contributed by atoms with Crippen molar-refractivity contribution in [2.75, 3.05) is 19.7 Å². The highest BCUT2D eigenvalue weighted by Crippen LogP contribution is 2.21. The van der Waals surface area contributed by atoms with Gasteiger partial charge in [0, 0.05) is 19.0 Å². The summed E-state index contributed by atoms with van der Waals surface area (Å²) in [5.41, 5.74) is 0. The average Bonchev–Trinajstić information content (AvgIpc) is 2.29. The van der Waals surface area contributed by atoms with Crippen molar-refractivity contribution in [3.8, 4) is 0 Å². The third-order valence-electron chi connectivity index (χ3n) is 3.17. The largest absolute Gasteiger partial charge is 0.375 e. The van der Waals surface area contributed by atoms with Gasteiger partial charge in [0.2, 0.25) is 5.91 Å². The summed E-state index contributed by atoms with van der Waals surface area (Å²) in [5.74, 6) is 0.551. The van der Waals surface area contributed by atoms with Crippen LogP contribution in [0.25, 0.3) is 0 Å². The number of hydrogen-bond donors (Lipinski definition) is 0.